The Morgan fingerprint density at radius 3 is 2.00 bits per heavy atom. The third-order valence-corrected chi connectivity index (χ3v) is 2.14. The van der Waals surface area contributed by atoms with E-state index in [4.69, 9.17) is 0 Å². The second kappa shape index (κ2) is 3.61. The van der Waals surface area contributed by atoms with Gasteiger partial charge in [-0.05, 0) is 5.92 Å². The predicted octanol–water partition coefficient (Wildman–Crippen LogP) is 1.08. The number of alkyl halides is 3. The first kappa shape index (κ1) is 11.7. The maximum absolute atomic E-state index is 11.6. The number of halogens is 3. The molecule has 0 aliphatic carbocycles. The minimum absolute atomic E-state index is 0.151. The molecule has 0 amide bonds. The summed E-state index contributed by atoms with van der Waals surface area (Å²) < 4.78 is 57.0. The molecule has 7 heteroatoms. The van der Waals surface area contributed by atoms with Crippen LogP contribution in [0, 0.1) is 5.92 Å². The maximum Gasteiger partial charge on any atom is 0.511 e. The summed E-state index contributed by atoms with van der Waals surface area (Å²) in [4.78, 5) is 0. The molecule has 0 aliphatic rings. The van der Waals surface area contributed by atoms with E-state index in [0.717, 1.165) is 0 Å². The molecular formula is C5H10F3NO2S. The zero-order valence-electron chi connectivity index (χ0n) is 6.64. The van der Waals surface area contributed by atoms with E-state index >= 15 is 0 Å². The van der Waals surface area contributed by atoms with Gasteiger partial charge in [0.25, 0.3) is 0 Å². The number of nitrogens with one attached hydrogen (secondary N) is 1. The van der Waals surface area contributed by atoms with Crippen LogP contribution in [0.3, 0.4) is 0 Å². The smallest absolute Gasteiger partial charge is 0.207 e. The third-order valence-electron chi connectivity index (χ3n) is 0.986. The molecule has 12 heavy (non-hydrogen) atoms. The standard InChI is InChI=1S/C5H10F3NO2S/c1-4(2)3-9-12(10,11)5(6,7)8/h4,9H,3H2,1-2H3. The second-order valence-electron chi connectivity index (χ2n) is 2.69. The fourth-order valence-electron chi connectivity index (χ4n) is 0.358. The Morgan fingerprint density at radius 1 is 1.33 bits per heavy atom. The van der Waals surface area contributed by atoms with Crippen molar-refractivity contribution in [2.75, 3.05) is 6.54 Å². The van der Waals surface area contributed by atoms with E-state index < -0.39 is 15.5 Å². The van der Waals surface area contributed by atoms with E-state index in [1.165, 1.54) is 4.72 Å². The van der Waals surface area contributed by atoms with Gasteiger partial charge in [-0.15, -0.1) is 0 Å². The molecule has 0 aromatic rings. The van der Waals surface area contributed by atoms with Gasteiger partial charge in [-0.3, -0.25) is 0 Å². The lowest BCUT2D eigenvalue weighted by Gasteiger charge is -2.10. The Hall–Kier alpha value is -0.300. The zero-order valence-corrected chi connectivity index (χ0v) is 7.46. The molecule has 0 aromatic heterocycles. The normalized spacial score (nSPS) is 13.8. The van der Waals surface area contributed by atoms with Crippen molar-refractivity contribution in [2.45, 2.75) is 19.4 Å². The van der Waals surface area contributed by atoms with Gasteiger partial charge in [0.2, 0.25) is 0 Å². The molecule has 0 atom stereocenters. The third kappa shape index (κ3) is 3.40. The molecule has 1 N–H and O–H groups in total. The van der Waals surface area contributed by atoms with E-state index in [1.54, 1.807) is 13.8 Å². The molecule has 0 saturated heterocycles. The van der Waals surface area contributed by atoms with Gasteiger partial charge in [-0.2, -0.15) is 13.2 Å². The molecule has 0 bridgehead atoms. The summed E-state index contributed by atoms with van der Waals surface area (Å²) in [5.74, 6) is -0.151. The molecule has 0 fully saturated rings. The highest BCUT2D eigenvalue weighted by Crippen LogP contribution is 2.21. The molecule has 0 aromatic carbocycles. The van der Waals surface area contributed by atoms with Crippen molar-refractivity contribution in [2.24, 2.45) is 5.92 Å². The molecule has 0 unspecified atom stereocenters. The summed E-state index contributed by atoms with van der Waals surface area (Å²) in [6.45, 7) is 3.01. The van der Waals surface area contributed by atoms with Gasteiger partial charge < -0.3 is 0 Å². The van der Waals surface area contributed by atoms with Gasteiger partial charge >= 0.3 is 15.5 Å². The van der Waals surface area contributed by atoms with Gasteiger partial charge in [0.1, 0.15) is 0 Å². The lowest BCUT2D eigenvalue weighted by Crippen LogP contribution is -2.38. The number of sulfonamides is 1. The van der Waals surface area contributed by atoms with Crippen molar-refractivity contribution in [1.82, 2.24) is 4.72 Å². The Kier molecular flexibility index (Phi) is 3.52. The number of hydrogen-bond donors (Lipinski definition) is 1. The molecule has 74 valence electrons. The first-order valence-corrected chi connectivity index (χ1v) is 4.71. The van der Waals surface area contributed by atoms with Crippen LogP contribution in [0.2, 0.25) is 0 Å². The summed E-state index contributed by atoms with van der Waals surface area (Å²) >= 11 is 0. The first-order valence-electron chi connectivity index (χ1n) is 3.23. The summed E-state index contributed by atoms with van der Waals surface area (Å²) in [5, 5.41) is 0. The summed E-state index contributed by atoms with van der Waals surface area (Å²) in [5.41, 5.74) is -5.21. The lowest BCUT2D eigenvalue weighted by molar-refractivity contribution is -0.0448. The van der Waals surface area contributed by atoms with Crippen molar-refractivity contribution in [3.8, 4) is 0 Å². The molecule has 0 saturated carbocycles. The number of rotatable bonds is 3. The highest BCUT2D eigenvalue weighted by molar-refractivity contribution is 7.90. The zero-order chi connectivity index (χ0) is 9.99. The summed E-state index contributed by atoms with van der Waals surface area (Å²) in [6.07, 6.45) is 0. The lowest BCUT2D eigenvalue weighted by atomic mass is 10.2. The quantitative estimate of drug-likeness (QED) is 0.749. The summed E-state index contributed by atoms with van der Waals surface area (Å²) in [7, 11) is -5.14. The van der Waals surface area contributed by atoms with Crippen molar-refractivity contribution < 1.29 is 21.6 Å². The van der Waals surface area contributed by atoms with E-state index in [-0.39, 0.29) is 12.5 Å². The van der Waals surface area contributed by atoms with Gasteiger partial charge in [-0.1, -0.05) is 13.8 Å². The maximum atomic E-state index is 11.6. The van der Waals surface area contributed by atoms with Gasteiger partial charge in [-0.25, -0.2) is 13.1 Å². The van der Waals surface area contributed by atoms with Crippen LogP contribution in [0.1, 0.15) is 13.8 Å². The van der Waals surface area contributed by atoms with Crippen molar-refractivity contribution in [3.63, 3.8) is 0 Å². The summed E-state index contributed by atoms with van der Waals surface area (Å²) in [6, 6.07) is 0. The molecule has 0 rings (SSSR count). The number of hydrogen-bond acceptors (Lipinski definition) is 2. The van der Waals surface area contributed by atoms with Crippen LogP contribution in [0.4, 0.5) is 13.2 Å². The minimum atomic E-state index is -5.21. The highest BCUT2D eigenvalue weighted by Gasteiger charge is 2.45. The monoisotopic (exact) mass is 205 g/mol. The highest BCUT2D eigenvalue weighted by atomic mass is 32.2. The van der Waals surface area contributed by atoms with Crippen molar-refractivity contribution in [1.29, 1.82) is 0 Å². The largest absolute Gasteiger partial charge is 0.511 e. The Balaban J connectivity index is 4.27. The fourth-order valence-corrected chi connectivity index (χ4v) is 1.07. The van der Waals surface area contributed by atoms with Gasteiger partial charge in [0.15, 0.2) is 0 Å². The van der Waals surface area contributed by atoms with Crippen molar-refractivity contribution >= 4 is 10.0 Å². The molecule has 3 nitrogen and oxygen atoms in total. The topological polar surface area (TPSA) is 46.2 Å². The van der Waals surface area contributed by atoms with Crippen LogP contribution in [0.25, 0.3) is 0 Å². The second-order valence-corrected chi connectivity index (χ2v) is 4.45. The van der Waals surface area contributed by atoms with Crippen LogP contribution in [-0.4, -0.2) is 20.5 Å². The SMILES string of the molecule is CC(C)CNS(=O)(=O)C(F)(F)F. The molecule has 0 aliphatic heterocycles. The van der Waals surface area contributed by atoms with E-state index in [2.05, 4.69) is 0 Å². The van der Waals surface area contributed by atoms with Crippen LogP contribution < -0.4 is 4.72 Å². The first-order chi connectivity index (χ1) is 5.17. The van der Waals surface area contributed by atoms with E-state index in [1.807, 2.05) is 0 Å². The Morgan fingerprint density at radius 2 is 1.75 bits per heavy atom. The van der Waals surface area contributed by atoms with Crippen LogP contribution in [0.5, 0.6) is 0 Å². The van der Waals surface area contributed by atoms with Crippen LogP contribution in [0.15, 0.2) is 0 Å². The van der Waals surface area contributed by atoms with Gasteiger partial charge in [0.05, 0.1) is 0 Å². The van der Waals surface area contributed by atoms with Gasteiger partial charge in [0, 0.05) is 6.54 Å². The fraction of sp³-hybridized carbons (Fsp3) is 1.00. The average Bonchev–Trinajstić information content (AvgIpc) is 1.81. The van der Waals surface area contributed by atoms with Crippen LogP contribution >= 0.6 is 0 Å². The van der Waals surface area contributed by atoms with E-state index in [9.17, 15) is 21.6 Å². The average molecular weight is 205 g/mol. The van der Waals surface area contributed by atoms with E-state index in [0.29, 0.717) is 0 Å². The Labute approximate surface area is 69.0 Å². The Bertz CT molecular complexity index is 232. The minimum Gasteiger partial charge on any atom is -0.207 e. The van der Waals surface area contributed by atoms with Crippen molar-refractivity contribution in [3.05, 3.63) is 0 Å². The van der Waals surface area contributed by atoms with Crippen LogP contribution in [-0.2, 0) is 10.0 Å². The predicted molar refractivity (Wildman–Crippen MR) is 37.8 cm³/mol. The molecule has 0 spiro atoms. The molecular weight excluding hydrogens is 195 g/mol. The molecule has 0 radical (unpaired) electrons. The molecule has 0 heterocycles.